The summed E-state index contributed by atoms with van der Waals surface area (Å²) in [5.74, 6) is 1.46. The van der Waals surface area contributed by atoms with E-state index in [2.05, 4.69) is 30.8 Å². The second-order valence-electron chi connectivity index (χ2n) is 4.09. The van der Waals surface area contributed by atoms with Gasteiger partial charge in [0, 0.05) is 30.2 Å². The van der Waals surface area contributed by atoms with Gasteiger partial charge in [0.2, 0.25) is 11.8 Å². The smallest absolute Gasteiger partial charge is 0.228 e. The summed E-state index contributed by atoms with van der Waals surface area (Å²) in [4.78, 5) is 11.1. The molecule has 0 atom stereocenters. The topological polar surface area (TPSA) is 38.2 Å². The molecule has 1 heterocycles. The molecule has 1 fully saturated rings. The maximum Gasteiger partial charge on any atom is 0.228 e. The van der Waals surface area contributed by atoms with E-state index in [1.54, 1.807) is 12.3 Å². The first-order chi connectivity index (χ1) is 8.35. The van der Waals surface area contributed by atoms with Crippen LogP contribution in [0.1, 0.15) is 26.2 Å². The first-order valence-electron chi connectivity index (χ1n) is 6.13. The second kappa shape index (κ2) is 6.19. The highest BCUT2D eigenvalue weighted by Gasteiger charge is 2.26. The summed E-state index contributed by atoms with van der Waals surface area (Å²) in [6.45, 7) is 3.54. The SMILES string of the molecule is CCOc1ccnc(N(CCBr)C2CCC2)n1. The Labute approximate surface area is 111 Å². The molecule has 17 heavy (non-hydrogen) atoms. The standard InChI is InChI=1S/C12H18BrN3O/c1-2-17-11-6-8-14-12(15-11)16(9-7-13)10-4-3-5-10/h6,8,10H,2-5,7,9H2,1H3. The highest BCUT2D eigenvalue weighted by molar-refractivity contribution is 9.09. The van der Waals surface area contributed by atoms with E-state index in [0.29, 0.717) is 18.5 Å². The van der Waals surface area contributed by atoms with Gasteiger partial charge in [-0.05, 0) is 26.2 Å². The van der Waals surface area contributed by atoms with Gasteiger partial charge in [0.25, 0.3) is 0 Å². The monoisotopic (exact) mass is 299 g/mol. The van der Waals surface area contributed by atoms with E-state index < -0.39 is 0 Å². The molecule has 1 aromatic rings. The van der Waals surface area contributed by atoms with Gasteiger partial charge in [0.15, 0.2) is 0 Å². The molecule has 94 valence electrons. The van der Waals surface area contributed by atoms with Crippen molar-refractivity contribution in [1.29, 1.82) is 0 Å². The summed E-state index contributed by atoms with van der Waals surface area (Å²) in [7, 11) is 0. The summed E-state index contributed by atoms with van der Waals surface area (Å²) in [6, 6.07) is 2.41. The Morgan fingerprint density at radius 2 is 2.35 bits per heavy atom. The Morgan fingerprint density at radius 3 is 2.94 bits per heavy atom. The zero-order valence-electron chi connectivity index (χ0n) is 10.1. The van der Waals surface area contributed by atoms with Gasteiger partial charge in [-0.2, -0.15) is 4.98 Å². The predicted molar refractivity (Wildman–Crippen MR) is 72.0 cm³/mol. The summed E-state index contributed by atoms with van der Waals surface area (Å²) in [6.07, 6.45) is 5.58. The minimum Gasteiger partial charge on any atom is -0.478 e. The Balaban J connectivity index is 2.13. The van der Waals surface area contributed by atoms with Crippen LogP contribution in [0.5, 0.6) is 5.88 Å². The number of alkyl halides is 1. The molecule has 0 unspecified atom stereocenters. The molecular formula is C12H18BrN3O. The predicted octanol–water partition coefficient (Wildman–Crippen LogP) is 2.63. The van der Waals surface area contributed by atoms with Crippen LogP contribution in [0.3, 0.4) is 0 Å². The van der Waals surface area contributed by atoms with Crippen molar-refractivity contribution in [3.05, 3.63) is 12.3 Å². The Bertz CT molecular complexity index is 357. The fourth-order valence-corrected chi connectivity index (χ4v) is 2.32. The Kier molecular flexibility index (Phi) is 4.59. The lowest BCUT2D eigenvalue weighted by Crippen LogP contribution is -2.42. The van der Waals surface area contributed by atoms with E-state index in [1.165, 1.54) is 19.3 Å². The molecule has 0 aromatic carbocycles. The average Bonchev–Trinajstić information content (AvgIpc) is 2.27. The van der Waals surface area contributed by atoms with Crippen LogP contribution in [0.25, 0.3) is 0 Å². The van der Waals surface area contributed by atoms with E-state index in [9.17, 15) is 0 Å². The van der Waals surface area contributed by atoms with Crippen molar-refractivity contribution < 1.29 is 4.74 Å². The van der Waals surface area contributed by atoms with Crippen LogP contribution in [-0.4, -0.2) is 34.5 Å². The molecule has 1 saturated carbocycles. The van der Waals surface area contributed by atoms with Crippen molar-refractivity contribution in [2.75, 3.05) is 23.4 Å². The second-order valence-corrected chi connectivity index (χ2v) is 4.89. The lowest BCUT2D eigenvalue weighted by Gasteiger charge is -2.37. The fourth-order valence-electron chi connectivity index (χ4n) is 1.93. The third-order valence-electron chi connectivity index (χ3n) is 3.01. The van der Waals surface area contributed by atoms with Crippen molar-refractivity contribution in [2.24, 2.45) is 0 Å². The van der Waals surface area contributed by atoms with E-state index in [4.69, 9.17) is 4.74 Å². The maximum absolute atomic E-state index is 5.42. The number of hydrogen-bond donors (Lipinski definition) is 0. The number of hydrogen-bond acceptors (Lipinski definition) is 4. The van der Waals surface area contributed by atoms with Crippen LogP contribution >= 0.6 is 15.9 Å². The minimum atomic E-state index is 0.601. The summed E-state index contributed by atoms with van der Waals surface area (Å²) in [5.41, 5.74) is 0. The first kappa shape index (κ1) is 12.6. The van der Waals surface area contributed by atoms with E-state index in [0.717, 1.165) is 17.8 Å². The fraction of sp³-hybridized carbons (Fsp3) is 0.667. The van der Waals surface area contributed by atoms with Crippen molar-refractivity contribution in [3.63, 3.8) is 0 Å². The van der Waals surface area contributed by atoms with Gasteiger partial charge < -0.3 is 9.64 Å². The molecule has 0 amide bonds. The average molecular weight is 300 g/mol. The number of aromatic nitrogens is 2. The summed E-state index contributed by atoms with van der Waals surface area (Å²) < 4.78 is 5.42. The van der Waals surface area contributed by atoms with Crippen molar-refractivity contribution in [2.45, 2.75) is 32.2 Å². The lowest BCUT2D eigenvalue weighted by atomic mass is 9.92. The third-order valence-corrected chi connectivity index (χ3v) is 3.36. The molecule has 0 bridgehead atoms. The number of ether oxygens (including phenoxy) is 1. The van der Waals surface area contributed by atoms with E-state index in [-0.39, 0.29) is 0 Å². The molecule has 1 aliphatic rings. The zero-order chi connectivity index (χ0) is 12.1. The van der Waals surface area contributed by atoms with Crippen LogP contribution in [0.15, 0.2) is 12.3 Å². The molecule has 0 saturated heterocycles. The highest BCUT2D eigenvalue weighted by atomic mass is 79.9. The van der Waals surface area contributed by atoms with Crippen LogP contribution in [-0.2, 0) is 0 Å². The van der Waals surface area contributed by atoms with E-state index >= 15 is 0 Å². The Morgan fingerprint density at radius 1 is 1.53 bits per heavy atom. The van der Waals surface area contributed by atoms with Crippen LogP contribution in [0.2, 0.25) is 0 Å². The molecule has 4 nitrogen and oxygen atoms in total. The van der Waals surface area contributed by atoms with Gasteiger partial charge in [-0.15, -0.1) is 0 Å². The maximum atomic E-state index is 5.42. The molecule has 0 N–H and O–H groups in total. The minimum absolute atomic E-state index is 0.601. The number of rotatable bonds is 6. The molecule has 0 radical (unpaired) electrons. The van der Waals surface area contributed by atoms with Gasteiger partial charge >= 0.3 is 0 Å². The van der Waals surface area contributed by atoms with Crippen LogP contribution in [0.4, 0.5) is 5.95 Å². The largest absolute Gasteiger partial charge is 0.478 e. The van der Waals surface area contributed by atoms with Crippen LogP contribution < -0.4 is 9.64 Å². The van der Waals surface area contributed by atoms with Gasteiger partial charge in [0.05, 0.1) is 6.61 Å². The number of halogens is 1. The lowest BCUT2D eigenvalue weighted by molar-refractivity contribution is 0.324. The first-order valence-corrected chi connectivity index (χ1v) is 7.25. The molecule has 5 heteroatoms. The number of anilines is 1. The van der Waals surface area contributed by atoms with Gasteiger partial charge in [0.1, 0.15) is 0 Å². The van der Waals surface area contributed by atoms with Gasteiger partial charge in [-0.3, -0.25) is 0 Å². The molecule has 0 aliphatic heterocycles. The molecule has 1 aromatic heterocycles. The van der Waals surface area contributed by atoms with E-state index in [1.807, 2.05) is 6.92 Å². The molecule has 0 spiro atoms. The van der Waals surface area contributed by atoms with Crippen molar-refractivity contribution in [1.82, 2.24) is 9.97 Å². The van der Waals surface area contributed by atoms with Crippen LogP contribution in [0, 0.1) is 0 Å². The summed E-state index contributed by atoms with van der Waals surface area (Å²) >= 11 is 3.49. The molecular weight excluding hydrogens is 282 g/mol. The Hall–Kier alpha value is -0.840. The van der Waals surface area contributed by atoms with Gasteiger partial charge in [-0.1, -0.05) is 15.9 Å². The molecule has 1 aliphatic carbocycles. The third kappa shape index (κ3) is 3.09. The number of nitrogens with zero attached hydrogens (tertiary/aromatic N) is 3. The van der Waals surface area contributed by atoms with Crippen molar-refractivity contribution >= 4 is 21.9 Å². The normalized spacial score (nSPS) is 15.4. The highest BCUT2D eigenvalue weighted by Crippen LogP contribution is 2.28. The quantitative estimate of drug-likeness (QED) is 0.757. The molecule has 2 rings (SSSR count). The summed E-state index contributed by atoms with van der Waals surface area (Å²) in [5, 5.41) is 0.936. The zero-order valence-corrected chi connectivity index (χ0v) is 11.7. The van der Waals surface area contributed by atoms with Gasteiger partial charge in [-0.25, -0.2) is 4.98 Å². The van der Waals surface area contributed by atoms with Crippen molar-refractivity contribution in [3.8, 4) is 5.88 Å².